The van der Waals surface area contributed by atoms with E-state index < -0.39 is 5.41 Å². The number of benzene rings is 10. The van der Waals surface area contributed by atoms with Crippen molar-refractivity contribution in [3.8, 4) is 33.4 Å². The molecule has 1 atom stereocenters. The van der Waals surface area contributed by atoms with Gasteiger partial charge in [-0.05, 0) is 134 Å². The highest BCUT2D eigenvalue weighted by Gasteiger charge is 2.46. The normalized spacial score (nSPS) is 15.3. The highest BCUT2D eigenvalue weighted by molar-refractivity contribution is 6.06. The number of nitrogens with zero attached hydrogens (tertiary/aromatic N) is 1. The van der Waals surface area contributed by atoms with E-state index in [-0.39, 0.29) is 5.41 Å². The lowest BCUT2D eigenvalue weighted by atomic mass is 9.68. The first kappa shape index (κ1) is 37.4. The van der Waals surface area contributed by atoms with Crippen molar-refractivity contribution in [2.24, 2.45) is 0 Å². The number of anilines is 3. The molecule has 0 fully saturated rings. The minimum Gasteiger partial charge on any atom is -0.456 e. The largest absolute Gasteiger partial charge is 0.456 e. The molecule has 65 heavy (non-hydrogen) atoms. The van der Waals surface area contributed by atoms with Crippen molar-refractivity contribution in [2.75, 3.05) is 4.90 Å². The van der Waals surface area contributed by atoms with E-state index in [2.05, 4.69) is 242 Å². The molecule has 2 aliphatic rings. The fraction of sp³-hybridized carbons (Fsp3) is 0.0476. The predicted molar refractivity (Wildman–Crippen MR) is 269 cm³/mol. The molecule has 10 aromatic carbocycles. The van der Waals surface area contributed by atoms with Gasteiger partial charge in [-0.3, -0.25) is 0 Å². The predicted octanol–water partition coefficient (Wildman–Crippen LogP) is 16.4. The average molecular weight is 830 g/mol. The number of rotatable bonds is 7. The fourth-order valence-corrected chi connectivity index (χ4v) is 11.4. The summed E-state index contributed by atoms with van der Waals surface area (Å²) in [4.78, 5) is 2.45. The summed E-state index contributed by atoms with van der Waals surface area (Å²) in [6.45, 7) is 2.38. The van der Waals surface area contributed by atoms with Crippen molar-refractivity contribution < 1.29 is 4.42 Å². The molecule has 306 valence electrons. The molecular formula is C63H43NO. The number of furan rings is 1. The zero-order valence-electron chi connectivity index (χ0n) is 35.9. The zero-order chi connectivity index (χ0) is 43.1. The van der Waals surface area contributed by atoms with E-state index in [1.165, 1.54) is 61.2 Å². The molecule has 0 bridgehead atoms. The van der Waals surface area contributed by atoms with Crippen molar-refractivity contribution >= 4 is 39.0 Å². The second kappa shape index (κ2) is 14.4. The van der Waals surface area contributed by atoms with Crippen LogP contribution in [0.15, 0.2) is 247 Å². The number of fused-ring (bicyclic) bond motifs is 9. The smallest absolute Gasteiger partial charge is 0.136 e. The van der Waals surface area contributed by atoms with Crippen molar-refractivity contribution in [1.82, 2.24) is 0 Å². The summed E-state index contributed by atoms with van der Waals surface area (Å²) in [5.41, 5.74) is 20.7. The maximum atomic E-state index is 6.32. The average Bonchev–Trinajstić information content (AvgIpc) is 3.99. The Kier molecular flexibility index (Phi) is 8.29. The van der Waals surface area contributed by atoms with Gasteiger partial charge in [-0.2, -0.15) is 0 Å². The van der Waals surface area contributed by atoms with Crippen LogP contribution in [0, 0.1) is 0 Å². The summed E-state index contributed by atoms with van der Waals surface area (Å²) in [7, 11) is 0. The third kappa shape index (κ3) is 5.47. The Balaban J connectivity index is 1.00. The molecule has 2 aliphatic carbocycles. The van der Waals surface area contributed by atoms with E-state index in [0.717, 1.165) is 50.1 Å². The summed E-state index contributed by atoms with van der Waals surface area (Å²) in [6.07, 6.45) is 0. The molecule has 0 N–H and O–H groups in total. The van der Waals surface area contributed by atoms with E-state index in [4.69, 9.17) is 4.42 Å². The van der Waals surface area contributed by atoms with Gasteiger partial charge in [-0.15, -0.1) is 0 Å². The Morgan fingerprint density at radius 1 is 0.323 bits per heavy atom. The highest BCUT2D eigenvalue weighted by Crippen LogP contribution is 2.58. The van der Waals surface area contributed by atoms with Gasteiger partial charge in [0.15, 0.2) is 0 Å². The van der Waals surface area contributed by atoms with E-state index >= 15 is 0 Å². The molecule has 2 heteroatoms. The van der Waals surface area contributed by atoms with Gasteiger partial charge < -0.3 is 9.32 Å². The van der Waals surface area contributed by atoms with Crippen LogP contribution in [0.2, 0.25) is 0 Å². The third-order valence-electron chi connectivity index (χ3n) is 14.4. The van der Waals surface area contributed by atoms with Crippen LogP contribution in [0.5, 0.6) is 0 Å². The van der Waals surface area contributed by atoms with Crippen LogP contribution in [-0.4, -0.2) is 0 Å². The Labute approximate surface area is 379 Å². The second-order valence-corrected chi connectivity index (χ2v) is 17.7. The lowest BCUT2D eigenvalue weighted by molar-refractivity contribution is 0.669. The Bertz CT molecular complexity index is 3570. The SMILES string of the molecule is CC1(c2ccccc2)c2ccccc2-c2cc(N(c3ccc(-c4ccc5c(c4)oc4ccccc45)cc3)c3ccc4c(c3)-c3ccccc3C4(c3ccccc3)c3ccccc3)ccc21. The van der Waals surface area contributed by atoms with Crippen LogP contribution in [-0.2, 0) is 10.8 Å². The molecule has 1 aromatic heterocycles. The van der Waals surface area contributed by atoms with Gasteiger partial charge in [0, 0.05) is 33.2 Å². The molecule has 11 aromatic rings. The van der Waals surface area contributed by atoms with Crippen LogP contribution in [0.1, 0.15) is 45.9 Å². The lowest BCUT2D eigenvalue weighted by Gasteiger charge is -2.34. The van der Waals surface area contributed by atoms with Gasteiger partial charge in [0.25, 0.3) is 0 Å². The molecule has 2 nitrogen and oxygen atoms in total. The van der Waals surface area contributed by atoms with Gasteiger partial charge >= 0.3 is 0 Å². The zero-order valence-corrected chi connectivity index (χ0v) is 35.9. The second-order valence-electron chi connectivity index (χ2n) is 17.7. The maximum absolute atomic E-state index is 6.32. The van der Waals surface area contributed by atoms with Crippen LogP contribution >= 0.6 is 0 Å². The van der Waals surface area contributed by atoms with Crippen molar-refractivity contribution in [3.05, 3.63) is 282 Å². The molecule has 1 heterocycles. The summed E-state index contributed by atoms with van der Waals surface area (Å²) < 4.78 is 6.32. The maximum Gasteiger partial charge on any atom is 0.136 e. The highest BCUT2D eigenvalue weighted by atomic mass is 16.3. The lowest BCUT2D eigenvalue weighted by Crippen LogP contribution is -2.28. The van der Waals surface area contributed by atoms with Crippen LogP contribution in [0.4, 0.5) is 17.1 Å². The van der Waals surface area contributed by atoms with E-state index in [9.17, 15) is 0 Å². The summed E-state index contributed by atoms with van der Waals surface area (Å²) in [5, 5.41) is 2.28. The van der Waals surface area contributed by atoms with Gasteiger partial charge in [0.2, 0.25) is 0 Å². The minimum atomic E-state index is -0.473. The summed E-state index contributed by atoms with van der Waals surface area (Å²) >= 11 is 0. The van der Waals surface area contributed by atoms with Crippen LogP contribution < -0.4 is 4.90 Å². The molecule has 0 aliphatic heterocycles. The molecule has 0 radical (unpaired) electrons. The molecule has 0 saturated carbocycles. The number of hydrogen-bond donors (Lipinski definition) is 0. The van der Waals surface area contributed by atoms with E-state index in [1.54, 1.807) is 0 Å². The first-order chi connectivity index (χ1) is 32.1. The standard InChI is InChI=1S/C63H43NO/c1-62(44-17-5-2-6-18-44)56-26-14-11-23-50(56)54-40-48(34-37-57(54)62)64(47-32-29-42(30-33-47)43-31-36-53-52-25-13-16-28-60(52)65-61(53)39-43)49-35-38-59-55(41-49)51-24-12-15-27-58(51)63(59,45-19-7-3-8-20-45)46-21-9-4-10-22-46/h2-41H,1H3. The quantitative estimate of drug-likeness (QED) is 0.159. The van der Waals surface area contributed by atoms with Crippen molar-refractivity contribution in [2.45, 2.75) is 17.8 Å². The number of para-hydroxylation sites is 1. The molecule has 0 spiro atoms. The van der Waals surface area contributed by atoms with Crippen molar-refractivity contribution in [1.29, 1.82) is 0 Å². The van der Waals surface area contributed by atoms with Crippen LogP contribution in [0.3, 0.4) is 0 Å². The van der Waals surface area contributed by atoms with E-state index in [0.29, 0.717) is 0 Å². The van der Waals surface area contributed by atoms with Gasteiger partial charge in [-0.1, -0.05) is 188 Å². The monoisotopic (exact) mass is 829 g/mol. The van der Waals surface area contributed by atoms with Crippen LogP contribution in [0.25, 0.3) is 55.3 Å². The summed E-state index contributed by atoms with van der Waals surface area (Å²) in [5.74, 6) is 0. The minimum absolute atomic E-state index is 0.283. The molecule has 13 rings (SSSR count). The molecule has 1 unspecified atom stereocenters. The first-order valence-electron chi connectivity index (χ1n) is 22.6. The first-order valence-corrected chi connectivity index (χ1v) is 22.6. The number of hydrogen-bond acceptors (Lipinski definition) is 2. The fourth-order valence-electron chi connectivity index (χ4n) is 11.4. The van der Waals surface area contributed by atoms with Gasteiger partial charge in [-0.25, -0.2) is 0 Å². The Hall–Kier alpha value is -8.20. The molecule has 0 saturated heterocycles. The van der Waals surface area contributed by atoms with Gasteiger partial charge in [0.05, 0.1) is 5.41 Å². The van der Waals surface area contributed by atoms with E-state index in [1.807, 2.05) is 12.1 Å². The molecular weight excluding hydrogens is 787 g/mol. The Morgan fingerprint density at radius 3 is 1.46 bits per heavy atom. The van der Waals surface area contributed by atoms with Crippen molar-refractivity contribution in [3.63, 3.8) is 0 Å². The summed E-state index contributed by atoms with van der Waals surface area (Å²) in [6, 6.07) is 89.2. The van der Waals surface area contributed by atoms with Gasteiger partial charge in [0.1, 0.15) is 11.2 Å². The topological polar surface area (TPSA) is 16.4 Å². The Morgan fingerprint density at radius 2 is 0.785 bits per heavy atom. The third-order valence-corrected chi connectivity index (χ3v) is 14.4. The molecule has 0 amide bonds.